The van der Waals surface area contributed by atoms with Crippen LogP contribution in [-0.2, 0) is 9.53 Å². The van der Waals surface area contributed by atoms with E-state index in [4.69, 9.17) is 4.74 Å². The number of benzene rings is 1. The van der Waals surface area contributed by atoms with Crippen LogP contribution in [0.4, 0.5) is 5.69 Å². The lowest BCUT2D eigenvalue weighted by Crippen LogP contribution is -2.29. The molecule has 1 aliphatic heterocycles. The van der Waals surface area contributed by atoms with Crippen molar-refractivity contribution in [1.82, 2.24) is 0 Å². The van der Waals surface area contributed by atoms with E-state index in [0.29, 0.717) is 11.3 Å². The standard InChI is InChI=1S/C13H13NO3/c1-8-9(2)17-13(16)11(12(8)15)14-10-6-4-3-5-7-10/h3-7,9,14-15H,1H2,2H3. The van der Waals surface area contributed by atoms with Gasteiger partial charge in [-0.05, 0) is 19.1 Å². The van der Waals surface area contributed by atoms with Crippen LogP contribution in [0.2, 0.25) is 0 Å². The Morgan fingerprint density at radius 2 is 2.00 bits per heavy atom. The van der Waals surface area contributed by atoms with Crippen molar-refractivity contribution in [2.45, 2.75) is 13.0 Å². The molecule has 88 valence electrons. The third-order valence-electron chi connectivity index (χ3n) is 2.56. The molecular formula is C13H13NO3. The maximum atomic E-state index is 11.6. The largest absolute Gasteiger partial charge is 0.505 e. The van der Waals surface area contributed by atoms with Gasteiger partial charge in [-0.3, -0.25) is 0 Å². The molecule has 1 atom stereocenters. The van der Waals surface area contributed by atoms with Crippen LogP contribution in [-0.4, -0.2) is 17.2 Å². The van der Waals surface area contributed by atoms with Crippen LogP contribution in [0.25, 0.3) is 0 Å². The average Bonchev–Trinajstić information content (AvgIpc) is 2.33. The Morgan fingerprint density at radius 1 is 1.35 bits per heavy atom. The Bertz CT molecular complexity index is 491. The van der Waals surface area contributed by atoms with Gasteiger partial charge >= 0.3 is 5.97 Å². The van der Waals surface area contributed by atoms with E-state index in [-0.39, 0.29) is 11.5 Å². The molecule has 4 nitrogen and oxygen atoms in total. The van der Waals surface area contributed by atoms with Crippen molar-refractivity contribution in [1.29, 1.82) is 0 Å². The Labute approximate surface area is 99.2 Å². The molecule has 0 radical (unpaired) electrons. The normalized spacial score (nSPS) is 20.2. The summed E-state index contributed by atoms with van der Waals surface area (Å²) in [7, 11) is 0. The van der Waals surface area contributed by atoms with Crippen LogP contribution >= 0.6 is 0 Å². The van der Waals surface area contributed by atoms with E-state index in [1.165, 1.54) is 0 Å². The summed E-state index contributed by atoms with van der Waals surface area (Å²) in [6.07, 6.45) is -0.496. The van der Waals surface area contributed by atoms with Gasteiger partial charge in [0, 0.05) is 11.3 Å². The van der Waals surface area contributed by atoms with E-state index in [1.807, 2.05) is 18.2 Å². The summed E-state index contributed by atoms with van der Waals surface area (Å²) >= 11 is 0. The third kappa shape index (κ3) is 2.15. The van der Waals surface area contributed by atoms with Crippen LogP contribution in [0.5, 0.6) is 0 Å². The number of esters is 1. The molecule has 0 aliphatic carbocycles. The fourth-order valence-corrected chi connectivity index (χ4v) is 1.52. The van der Waals surface area contributed by atoms with Crippen molar-refractivity contribution in [3.63, 3.8) is 0 Å². The van der Waals surface area contributed by atoms with Gasteiger partial charge in [-0.15, -0.1) is 0 Å². The van der Waals surface area contributed by atoms with Gasteiger partial charge in [0.1, 0.15) is 6.10 Å². The summed E-state index contributed by atoms with van der Waals surface area (Å²) in [6.45, 7) is 5.34. The Morgan fingerprint density at radius 3 is 2.65 bits per heavy atom. The Kier molecular flexibility index (Phi) is 2.87. The van der Waals surface area contributed by atoms with Crippen molar-refractivity contribution in [3.8, 4) is 0 Å². The van der Waals surface area contributed by atoms with E-state index >= 15 is 0 Å². The predicted octanol–water partition coefficient (Wildman–Crippen LogP) is 2.37. The molecule has 0 saturated carbocycles. The highest BCUT2D eigenvalue weighted by Gasteiger charge is 2.29. The van der Waals surface area contributed by atoms with Crippen LogP contribution in [0, 0.1) is 0 Å². The first-order chi connectivity index (χ1) is 8.09. The highest BCUT2D eigenvalue weighted by atomic mass is 16.5. The van der Waals surface area contributed by atoms with Gasteiger partial charge < -0.3 is 15.2 Å². The molecule has 0 amide bonds. The van der Waals surface area contributed by atoms with Crippen LogP contribution in [0.3, 0.4) is 0 Å². The van der Waals surface area contributed by atoms with Gasteiger partial charge in [-0.1, -0.05) is 24.8 Å². The predicted molar refractivity (Wildman–Crippen MR) is 64.4 cm³/mol. The van der Waals surface area contributed by atoms with Gasteiger partial charge in [0.05, 0.1) is 0 Å². The fourth-order valence-electron chi connectivity index (χ4n) is 1.52. The average molecular weight is 231 g/mol. The lowest BCUT2D eigenvalue weighted by molar-refractivity contribution is -0.143. The van der Waals surface area contributed by atoms with E-state index < -0.39 is 12.1 Å². The second-order valence-corrected chi connectivity index (χ2v) is 3.79. The smallest absolute Gasteiger partial charge is 0.359 e. The number of aliphatic hydroxyl groups excluding tert-OH is 1. The molecule has 1 aromatic carbocycles. The summed E-state index contributed by atoms with van der Waals surface area (Å²) in [5.74, 6) is -0.719. The molecule has 1 heterocycles. The summed E-state index contributed by atoms with van der Waals surface area (Å²) < 4.78 is 5.03. The highest BCUT2D eigenvalue weighted by molar-refractivity contribution is 5.94. The maximum absolute atomic E-state index is 11.6. The van der Waals surface area contributed by atoms with Crippen molar-refractivity contribution < 1.29 is 14.6 Å². The number of carbonyl (C=O) groups is 1. The number of aliphatic hydroxyl groups is 1. The zero-order valence-electron chi connectivity index (χ0n) is 9.43. The number of ether oxygens (including phenoxy) is 1. The zero-order valence-corrected chi connectivity index (χ0v) is 9.43. The molecule has 4 heteroatoms. The van der Waals surface area contributed by atoms with Gasteiger partial charge in [-0.25, -0.2) is 4.79 Å². The van der Waals surface area contributed by atoms with Crippen molar-refractivity contribution in [2.24, 2.45) is 0 Å². The molecule has 17 heavy (non-hydrogen) atoms. The molecule has 1 aliphatic rings. The summed E-state index contributed by atoms with van der Waals surface area (Å²) in [5.41, 5.74) is 1.12. The van der Waals surface area contributed by atoms with Gasteiger partial charge in [0.25, 0.3) is 0 Å². The molecule has 1 aromatic rings. The van der Waals surface area contributed by atoms with Crippen molar-refractivity contribution >= 4 is 11.7 Å². The number of anilines is 1. The number of hydrogen-bond acceptors (Lipinski definition) is 4. The molecule has 2 N–H and O–H groups in total. The quantitative estimate of drug-likeness (QED) is 0.767. The molecular weight excluding hydrogens is 218 g/mol. The van der Waals surface area contributed by atoms with Gasteiger partial charge in [0.2, 0.25) is 0 Å². The Hall–Kier alpha value is -2.23. The zero-order chi connectivity index (χ0) is 12.4. The monoisotopic (exact) mass is 231 g/mol. The summed E-state index contributed by atoms with van der Waals surface area (Å²) in [4.78, 5) is 11.6. The first kappa shape index (κ1) is 11.3. The van der Waals surface area contributed by atoms with E-state index in [0.717, 1.165) is 0 Å². The molecule has 2 rings (SSSR count). The van der Waals surface area contributed by atoms with Crippen molar-refractivity contribution in [2.75, 3.05) is 5.32 Å². The molecule has 0 saturated heterocycles. The topological polar surface area (TPSA) is 58.6 Å². The maximum Gasteiger partial charge on any atom is 0.359 e. The van der Waals surface area contributed by atoms with Crippen molar-refractivity contribution in [3.05, 3.63) is 53.9 Å². The fraction of sp³-hybridized carbons (Fsp3) is 0.154. The van der Waals surface area contributed by atoms with Crippen LogP contribution < -0.4 is 5.32 Å². The molecule has 0 aromatic heterocycles. The number of hydrogen-bond donors (Lipinski definition) is 2. The molecule has 0 bridgehead atoms. The van der Waals surface area contributed by atoms with E-state index in [2.05, 4.69) is 11.9 Å². The second-order valence-electron chi connectivity index (χ2n) is 3.79. The van der Waals surface area contributed by atoms with E-state index in [9.17, 15) is 9.90 Å². The second kappa shape index (κ2) is 4.33. The minimum absolute atomic E-state index is 0.0271. The third-order valence-corrected chi connectivity index (χ3v) is 2.56. The van der Waals surface area contributed by atoms with Crippen LogP contribution in [0.1, 0.15) is 6.92 Å². The molecule has 0 fully saturated rings. The van der Waals surface area contributed by atoms with Gasteiger partial charge in [-0.2, -0.15) is 0 Å². The van der Waals surface area contributed by atoms with Gasteiger partial charge in [0.15, 0.2) is 11.5 Å². The number of cyclic esters (lactones) is 1. The SMILES string of the molecule is C=C1C(O)=C(Nc2ccccc2)C(=O)OC1C. The van der Waals surface area contributed by atoms with Crippen LogP contribution in [0.15, 0.2) is 53.9 Å². The molecule has 1 unspecified atom stereocenters. The lowest BCUT2D eigenvalue weighted by Gasteiger charge is -2.24. The minimum Gasteiger partial charge on any atom is -0.505 e. The number of carbonyl (C=O) groups excluding carboxylic acids is 1. The number of para-hydroxylation sites is 1. The minimum atomic E-state index is -0.578. The summed E-state index contributed by atoms with van der Waals surface area (Å²) in [5, 5.41) is 12.7. The Balaban J connectivity index is 2.31. The molecule has 0 spiro atoms. The number of rotatable bonds is 2. The highest BCUT2D eigenvalue weighted by Crippen LogP contribution is 2.24. The first-order valence-electron chi connectivity index (χ1n) is 5.25. The summed E-state index contributed by atoms with van der Waals surface area (Å²) in [6, 6.07) is 9.08. The first-order valence-corrected chi connectivity index (χ1v) is 5.25. The van der Waals surface area contributed by atoms with E-state index in [1.54, 1.807) is 19.1 Å². The lowest BCUT2D eigenvalue weighted by atomic mass is 10.1. The number of nitrogens with one attached hydrogen (secondary N) is 1.